The highest BCUT2D eigenvalue weighted by molar-refractivity contribution is 6.08. The van der Waals surface area contributed by atoms with Crippen molar-refractivity contribution < 1.29 is 9.59 Å². The summed E-state index contributed by atoms with van der Waals surface area (Å²) < 4.78 is 0. The van der Waals surface area contributed by atoms with Gasteiger partial charge in [-0.1, -0.05) is 48.5 Å². The fourth-order valence-electron chi connectivity index (χ4n) is 3.11. The van der Waals surface area contributed by atoms with Crippen molar-refractivity contribution in [3.63, 3.8) is 0 Å². The molecular weight excluding hydrogens is 376 g/mol. The molecular formula is C24H20N4O2. The molecule has 0 aliphatic heterocycles. The monoisotopic (exact) mass is 396 g/mol. The molecule has 4 aromatic rings. The molecule has 0 saturated carbocycles. The molecule has 3 aromatic carbocycles. The maximum atomic E-state index is 12.5. The van der Waals surface area contributed by atoms with Crippen LogP contribution in [0.2, 0.25) is 0 Å². The smallest absolute Gasteiger partial charge is 0.273 e. The van der Waals surface area contributed by atoms with Gasteiger partial charge in [0.25, 0.3) is 11.8 Å². The second-order valence-electron chi connectivity index (χ2n) is 6.78. The predicted molar refractivity (Wildman–Crippen MR) is 119 cm³/mol. The first kappa shape index (κ1) is 19.1. The van der Waals surface area contributed by atoms with E-state index >= 15 is 0 Å². The van der Waals surface area contributed by atoms with Crippen molar-refractivity contribution in [1.82, 2.24) is 10.4 Å². The Morgan fingerprint density at radius 2 is 1.50 bits per heavy atom. The van der Waals surface area contributed by atoms with Crippen LogP contribution in [-0.2, 0) is 0 Å². The topological polar surface area (TPSA) is 86.3 Å². The summed E-state index contributed by atoms with van der Waals surface area (Å²) in [6.45, 7) is 1.81. The van der Waals surface area contributed by atoms with Crippen molar-refractivity contribution in [2.24, 2.45) is 5.10 Å². The largest absolute Gasteiger partial charge is 0.360 e. The van der Waals surface area contributed by atoms with E-state index in [2.05, 4.69) is 20.8 Å². The lowest BCUT2D eigenvalue weighted by molar-refractivity contribution is 0.0955. The molecule has 4 rings (SSSR count). The number of aromatic nitrogens is 1. The maximum Gasteiger partial charge on any atom is 0.273 e. The molecule has 0 unspecified atom stereocenters. The molecule has 0 aliphatic carbocycles. The zero-order valence-corrected chi connectivity index (χ0v) is 16.3. The lowest BCUT2D eigenvalue weighted by atomic mass is 10.1. The van der Waals surface area contributed by atoms with Gasteiger partial charge in [0.1, 0.15) is 0 Å². The van der Waals surface area contributed by atoms with Crippen LogP contribution in [0.15, 0.2) is 90.2 Å². The van der Waals surface area contributed by atoms with Gasteiger partial charge in [0, 0.05) is 28.4 Å². The zero-order chi connectivity index (χ0) is 20.9. The number of H-pyrrole nitrogens is 1. The summed E-state index contributed by atoms with van der Waals surface area (Å²) in [6, 6.07) is 23.9. The summed E-state index contributed by atoms with van der Waals surface area (Å²) in [7, 11) is 0. The molecule has 1 aromatic heterocycles. The van der Waals surface area contributed by atoms with Crippen LogP contribution >= 0.6 is 0 Å². The van der Waals surface area contributed by atoms with E-state index in [1.807, 2.05) is 61.5 Å². The van der Waals surface area contributed by atoms with Crippen LogP contribution in [0, 0.1) is 0 Å². The summed E-state index contributed by atoms with van der Waals surface area (Å²) in [6.07, 6.45) is 1.68. The number of amides is 2. The second-order valence-corrected chi connectivity index (χ2v) is 6.78. The molecule has 148 valence electrons. The van der Waals surface area contributed by atoms with Gasteiger partial charge in [-0.2, -0.15) is 5.10 Å². The van der Waals surface area contributed by atoms with E-state index in [-0.39, 0.29) is 11.8 Å². The third-order valence-corrected chi connectivity index (χ3v) is 4.76. The van der Waals surface area contributed by atoms with Gasteiger partial charge < -0.3 is 10.3 Å². The Hall–Kier alpha value is -4.19. The van der Waals surface area contributed by atoms with Crippen molar-refractivity contribution in [3.8, 4) is 0 Å². The summed E-state index contributed by atoms with van der Waals surface area (Å²) in [5, 5.41) is 7.92. The highest BCUT2D eigenvalue weighted by Gasteiger charge is 2.11. The number of benzene rings is 3. The molecule has 0 spiro atoms. The predicted octanol–water partition coefficient (Wildman–Crippen LogP) is 4.57. The first-order valence-corrected chi connectivity index (χ1v) is 9.49. The molecule has 0 saturated heterocycles. The van der Waals surface area contributed by atoms with E-state index in [0.29, 0.717) is 22.5 Å². The lowest BCUT2D eigenvalue weighted by Gasteiger charge is -2.07. The summed E-state index contributed by atoms with van der Waals surface area (Å²) >= 11 is 0. The molecule has 6 nitrogen and oxygen atoms in total. The van der Waals surface area contributed by atoms with E-state index in [1.165, 1.54) is 0 Å². The van der Waals surface area contributed by atoms with Gasteiger partial charge in [-0.05, 0) is 42.8 Å². The van der Waals surface area contributed by atoms with Gasteiger partial charge in [0.05, 0.1) is 11.3 Å². The standard InChI is InChI=1S/C24H20N4O2/c1-16(27-28-24(30)21-15-25-22-10-6-5-9-20(21)22)17-11-13-19(14-12-17)26-23(29)18-7-3-2-4-8-18/h2-15,25H,1H3,(H,26,29)(H,28,30)/b27-16-. The average Bonchev–Trinajstić information content (AvgIpc) is 3.22. The van der Waals surface area contributed by atoms with Gasteiger partial charge >= 0.3 is 0 Å². The van der Waals surface area contributed by atoms with E-state index in [1.54, 1.807) is 30.5 Å². The first-order valence-electron chi connectivity index (χ1n) is 9.49. The number of para-hydroxylation sites is 1. The van der Waals surface area contributed by atoms with Crippen molar-refractivity contribution >= 4 is 34.1 Å². The molecule has 1 heterocycles. The number of anilines is 1. The van der Waals surface area contributed by atoms with Crippen molar-refractivity contribution in [1.29, 1.82) is 0 Å². The summed E-state index contributed by atoms with van der Waals surface area (Å²) in [5.74, 6) is -0.446. The van der Waals surface area contributed by atoms with E-state index < -0.39 is 0 Å². The van der Waals surface area contributed by atoms with Crippen molar-refractivity contribution in [2.75, 3.05) is 5.32 Å². The normalized spacial score (nSPS) is 11.3. The third kappa shape index (κ3) is 4.12. The van der Waals surface area contributed by atoms with Crippen LogP contribution in [0.3, 0.4) is 0 Å². The molecule has 0 fully saturated rings. The van der Waals surface area contributed by atoms with Gasteiger partial charge in [-0.15, -0.1) is 0 Å². The number of hydrogen-bond acceptors (Lipinski definition) is 3. The highest BCUT2D eigenvalue weighted by atomic mass is 16.2. The number of carbonyl (C=O) groups is 2. The molecule has 30 heavy (non-hydrogen) atoms. The van der Waals surface area contributed by atoms with Gasteiger partial charge in [0.15, 0.2) is 0 Å². The Labute approximate surface area is 173 Å². The van der Waals surface area contributed by atoms with Gasteiger partial charge in [-0.3, -0.25) is 9.59 Å². The number of aromatic amines is 1. The van der Waals surface area contributed by atoms with Crippen LogP contribution in [0.1, 0.15) is 33.2 Å². The van der Waals surface area contributed by atoms with Crippen LogP contribution in [0.25, 0.3) is 10.9 Å². The first-order chi connectivity index (χ1) is 14.6. The fraction of sp³-hybridized carbons (Fsp3) is 0.0417. The number of carbonyl (C=O) groups excluding carboxylic acids is 2. The number of hydrazone groups is 1. The fourth-order valence-corrected chi connectivity index (χ4v) is 3.11. The Kier molecular flexibility index (Phi) is 5.39. The zero-order valence-electron chi connectivity index (χ0n) is 16.3. The minimum atomic E-state index is -0.279. The van der Waals surface area contributed by atoms with Crippen LogP contribution in [0.5, 0.6) is 0 Å². The Morgan fingerprint density at radius 1 is 0.800 bits per heavy atom. The van der Waals surface area contributed by atoms with Crippen molar-refractivity contribution in [2.45, 2.75) is 6.92 Å². The van der Waals surface area contributed by atoms with Crippen LogP contribution < -0.4 is 10.7 Å². The second kappa shape index (κ2) is 8.45. The van der Waals surface area contributed by atoms with Gasteiger partial charge in [0.2, 0.25) is 0 Å². The number of rotatable bonds is 5. The van der Waals surface area contributed by atoms with Crippen LogP contribution in [-0.4, -0.2) is 22.5 Å². The average molecular weight is 396 g/mol. The van der Waals surface area contributed by atoms with Crippen molar-refractivity contribution in [3.05, 3.63) is 102 Å². The minimum Gasteiger partial charge on any atom is -0.360 e. The summed E-state index contributed by atoms with van der Waals surface area (Å²) in [4.78, 5) is 27.8. The SMILES string of the molecule is C/C(=N/NC(=O)c1c[nH]c2ccccc12)c1ccc(NC(=O)c2ccccc2)cc1. The quantitative estimate of drug-likeness (QED) is 0.341. The van der Waals surface area contributed by atoms with Crippen LogP contribution in [0.4, 0.5) is 5.69 Å². The number of nitrogens with zero attached hydrogens (tertiary/aromatic N) is 1. The molecule has 2 amide bonds. The molecule has 3 N–H and O–H groups in total. The molecule has 0 bridgehead atoms. The third-order valence-electron chi connectivity index (χ3n) is 4.76. The Morgan fingerprint density at radius 3 is 2.27 bits per heavy atom. The van der Waals surface area contributed by atoms with E-state index in [4.69, 9.17) is 0 Å². The number of hydrogen-bond donors (Lipinski definition) is 3. The summed E-state index contributed by atoms with van der Waals surface area (Å²) in [5.41, 5.74) is 6.82. The van der Waals surface area contributed by atoms with E-state index in [9.17, 15) is 9.59 Å². The molecule has 0 radical (unpaired) electrons. The van der Waals surface area contributed by atoms with E-state index in [0.717, 1.165) is 16.5 Å². The highest BCUT2D eigenvalue weighted by Crippen LogP contribution is 2.17. The Bertz CT molecular complexity index is 1230. The minimum absolute atomic E-state index is 0.167. The maximum absolute atomic E-state index is 12.5. The molecule has 0 atom stereocenters. The molecule has 0 aliphatic rings. The number of nitrogens with one attached hydrogen (secondary N) is 3. The van der Waals surface area contributed by atoms with Gasteiger partial charge in [-0.25, -0.2) is 5.43 Å². The lowest BCUT2D eigenvalue weighted by Crippen LogP contribution is -2.19. The molecule has 6 heteroatoms. The Balaban J connectivity index is 1.42. The number of fused-ring (bicyclic) bond motifs is 1.